The molecule has 9 heteroatoms. The number of carbonyl (C=O) groups excluding carboxylic acids is 1. The van der Waals surface area contributed by atoms with Gasteiger partial charge in [-0.1, -0.05) is 73.8 Å². The van der Waals surface area contributed by atoms with Crippen LogP contribution >= 0.6 is 0 Å². The van der Waals surface area contributed by atoms with Crippen LogP contribution in [0, 0.1) is 0 Å². The number of anilines is 1. The molecule has 4 rings (SSSR count). The fourth-order valence-electron chi connectivity index (χ4n) is 4.13. The van der Waals surface area contributed by atoms with Crippen molar-refractivity contribution in [2.24, 2.45) is 10.3 Å². The first-order chi connectivity index (χ1) is 17.9. The van der Waals surface area contributed by atoms with E-state index in [1.165, 1.54) is 18.9 Å². The SMILES string of the molecule is CCCCCCOc1ccccc1C1=NOC(C(=O)Nc2ccc(-c3ccccc3S(N)(=O)=O)cc2)C1. The Morgan fingerprint density at radius 2 is 1.70 bits per heavy atom. The summed E-state index contributed by atoms with van der Waals surface area (Å²) in [6.45, 7) is 2.81. The molecular formula is C28H31N3O5S. The number of primary sulfonamides is 1. The molecule has 1 aliphatic rings. The number of nitrogens with one attached hydrogen (secondary N) is 1. The van der Waals surface area contributed by atoms with E-state index in [-0.39, 0.29) is 10.8 Å². The number of carbonyl (C=O) groups is 1. The summed E-state index contributed by atoms with van der Waals surface area (Å²) < 4.78 is 29.8. The molecule has 0 bridgehead atoms. The number of unbranched alkanes of at least 4 members (excludes halogenated alkanes) is 3. The molecule has 1 amide bonds. The van der Waals surface area contributed by atoms with Gasteiger partial charge >= 0.3 is 0 Å². The van der Waals surface area contributed by atoms with Gasteiger partial charge in [0, 0.05) is 23.2 Å². The van der Waals surface area contributed by atoms with Gasteiger partial charge < -0.3 is 14.9 Å². The molecule has 37 heavy (non-hydrogen) atoms. The minimum Gasteiger partial charge on any atom is -0.493 e. The third-order valence-electron chi connectivity index (χ3n) is 6.07. The van der Waals surface area contributed by atoms with E-state index >= 15 is 0 Å². The molecular weight excluding hydrogens is 490 g/mol. The quantitative estimate of drug-likeness (QED) is 0.341. The maximum Gasteiger partial charge on any atom is 0.268 e. The zero-order chi connectivity index (χ0) is 26.3. The highest BCUT2D eigenvalue weighted by atomic mass is 32.2. The summed E-state index contributed by atoms with van der Waals surface area (Å²) in [5.74, 6) is 0.409. The fourth-order valence-corrected chi connectivity index (χ4v) is 4.89. The van der Waals surface area contributed by atoms with E-state index < -0.39 is 16.1 Å². The molecule has 194 valence electrons. The Balaban J connectivity index is 1.37. The first kappa shape index (κ1) is 26.4. The average Bonchev–Trinajstić information content (AvgIpc) is 3.39. The van der Waals surface area contributed by atoms with Crippen LogP contribution in [-0.2, 0) is 19.7 Å². The van der Waals surface area contributed by atoms with E-state index in [9.17, 15) is 13.2 Å². The minimum absolute atomic E-state index is 0.0426. The second-order valence-corrected chi connectivity index (χ2v) is 10.4. The zero-order valence-electron chi connectivity index (χ0n) is 20.7. The van der Waals surface area contributed by atoms with E-state index in [1.807, 2.05) is 24.3 Å². The van der Waals surface area contributed by atoms with Crippen LogP contribution in [0.15, 0.2) is 82.8 Å². The van der Waals surface area contributed by atoms with Gasteiger partial charge in [-0.15, -0.1) is 0 Å². The monoisotopic (exact) mass is 521 g/mol. The van der Waals surface area contributed by atoms with Crippen LogP contribution in [0.3, 0.4) is 0 Å². The molecule has 0 aliphatic carbocycles. The number of sulfonamides is 1. The number of nitrogens with two attached hydrogens (primary N) is 1. The molecule has 1 unspecified atom stereocenters. The Hall–Kier alpha value is -3.69. The lowest BCUT2D eigenvalue weighted by Gasteiger charge is -2.12. The van der Waals surface area contributed by atoms with E-state index in [2.05, 4.69) is 17.4 Å². The zero-order valence-corrected chi connectivity index (χ0v) is 21.5. The summed E-state index contributed by atoms with van der Waals surface area (Å²) in [5.41, 5.74) is 3.20. The van der Waals surface area contributed by atoms with Crippen molar-refractivity contribution in [3.8, 4) is 16.9 Å². The van der Waals surface area contributed by atoms with Gasteiger partial charge in [0.2, 0.25) is 16.1 Å². The Kier molecular flexibility index (Phi) is 8.58. The number of nitrogens with zero attached hydrogens (tertiary/aromatic N) is 1. The second kappa shape index (κ2) is 12.0. The maximum absolute atomic E-state index is 12.9. The van der Waals surface area contributed by atoms with E-state index in [1.54, 1.807) is 42.5 Å². The number of oxime groups is 1. The van der Waals surface area contributed by atoms with Crippen molar-refractivity contribution >= 4 is 27.3 Å². The highest BCUT2D eigenvalue weighted by Crippen LogP contribution is 2.29. The van der Waals surface area contributed by atoms with Crippen molar-refractivity contribution in [3.05, 3.63) is 78.4 Å². The maximum atomic E-state index is 12.9. The number of hydrogen-bond acceptors (Lipinski definition) is 6. The van der Waals surface area contributed by atoms with Gasteiger partial charge in [0.25, 0.3) is 5.91 Å². The molecule has 3 aromatic carbocycles. The molecule has 3 aromatic rings. The molecule has 0 fully saturated rings. The van der Waals surface area contributed by atoms with Crippen molar-refractivity contribution in [3.63, 3.8) is 0 Å². The largest absolute Gasteiger partial charge is 0.493 e. The van der Waals surface area contributed by atoms with E-state index in [0.717, 1.165) is 24.2 Å². The first-order valence-electron chi connectivity index (χ1n) is 12.3. The van der Waals surface area contributed by atoms with E-state index in [4.69, 9.17) is 14.7 Å². The third kappa shape index (κ3) is 6.75. The Bertz CT molecular complexity index is 1370. The van der Waals surface area contributed by atoms with Gasteiger partial charge in [-0.3, -0.25) is 4.79 Å². The number of benzene rings is 3. The van der Waals surface area contributed by atoms with Crippen molar-refractivity contribution < 1.29 is 22.8 Å². The number of amides is 1. The lowest BCUT2D eigenvalue weighted by molar-refractivity contribution is -0.125. The molecule has 0 saturated heterocycles. The van der Waals surface area contributed by atoms with Gasteiger partial charge in [-0.05, 0) is 42.3 Å². The van der Waals surface area contributed by atoms with Crippen molar-refractivity contribution in [2.45, 2.75) is 50.0 Å². The summed E-state index contributed by atoms with van der Waals surface area (Å²) in [6, 6.07) is 21.0. The Labute approximate surface area is 217 Å². The molecule has 0 spiro atoms. The van der Waals surface area contributed by atoms with Gasteiger partial charge in [0.1, 0.15) is 5.75 Å². The smallest absolute Gasteiger partial charge is 0.268 e. The van der Waals surface area contributed by atoms with Crippen LogP contribution in [0.25, 0.3) is 11.1 Å². The molecule has 1 aliphatic heterocycles. The van der Waals surface area contributed by atoms with Gasteiger partial charge in [0.15, 0.2) is 0 Å². The highest BCUT2D eigenvalue weighted by molar-refractivity contribution is 7.89. The van der Waals surface area contributed by atoms with Crippen LogP contribution in [0.2, 0.25) is 0 Å². The van der Waals surface area contributed by atoms with Crippen LogP contribution in [0.1, 0.15) is 44.6 Å². The summed E-state index contributed by atoms with van der Waals surface area (Å²) >= 11 is 0. The van der Waals surface area contributed by atoms with Crippen molar-refractivity contribution in [2.75, 3.05) is 11.9 Å². The topological polar surface area (TPSA) is 120 Å². The van der Waals surface area contributed by atoms with Crippen LogP contribution in [-0.4, -0.2) is 32.7 Å². The summed E-state index contributed by atoms with van der Waals surface area (Å²) in [7, 11) is -3.87. The normalized spacial score (nSPS) is 15.1. The van der Waals surface area contributed by atoms with Crippen LogP contribution in [0.4, 0.5) is 5.69 Å². The molecule has 0 saturated carbocycles. The Morgan fingerprint density at radius 3 is 2.43 bits per heavy atom. The lowest BCUT2D eigenvalue weighted by Crippen LogP contribution is -2.28. The van der Waals surface area contributed by atoms with Crippen molar-refractivity contribution in [1.29, 1.82) is 0 Å². The second-order valence-electron chi connectivity index (χ2n) is 8.85. The van der Waals surface area contributed by atoms with Gasteiger partial charge in [0.05, 0.1) is 17.2 Å². The predicted octanol–water partition coefficient (Wildman–Crippen LogP) is 5.09. The number of hydrogen-bond donors (Lipinski definition) is 2. The molecule has 0 aromatic heterocycles. The fraction of sp³-hybridized carbons (Fsp3) is 0.286. The molecule has 3 N–H and O–H groups in total. The molecule has 8 nitrogen and oxygen atoms in total. The summed E-state index contributed by atoms with van der Waals surface area (Å²) in [5, 5.41) is 12.3. The third-order valence-corrected chi connectivity index (χ3v) is 7.04. The highest BCUT2D eigenvalue weighted by Gasteiger charge is 2.30. The van der Waals surface area contributed by atoms with Gasteiger partial charge in [-0.25, -0.2) is 13.6 Å². The summed E-state index contributed by atoms with van der Waals surface area (Å²) in [6.07, 6.45) is 4.03. The number of para-hydroxylation sites is 1. The number of rotatable bonds is 11. The lowest BCUT2D eigenvalue weighted by atomic mass is 10.0. The summed E-state index contributed by atoms with van der Waals surface area (Å²) in [4.78, 5) is 18.3. The average molecular weight is 522 g/mol. The standard InChI is InChI=1S/C28H31N3O5S/c1-2-3-4-9-18-35-25-12-7-5-11-23(25)24-19-26(36-31-24)28(32)30-21-16-14-20(15-17-21)22-10-6-8-13-27(22)37(29,33)34/h5-8,10-17,26H,2-4,9,18-19H2,1H3,(H,30,32)(H2,29,33,34). The first-order valence-corrected chi connectivity index (χ1v) is 13.9. The predicted molar refractivity (Wildman–Crippen MR) is 144 cm³/mol. The molecule has 1 heterocycles. The molecule has 1 atom stereocenters. The number of ether oxygens (including phenoxy) is 1. The van der Waals surface area contributed by atoms with E-state index in [0.29, 0.717) is 35.6 Å². The molecule has 0 radical (unpaired) electrons. The van der Waals surface area contributed by atoms with Gasteiger partial charge in [-0.2, -0.15) is 0 Å². The minimum atomic E-state index is -3.87. The van der Waals surface area contributed by atoms with Crippen molar-refractivity contribution in [1.82, 2.24) is 0 Å². The van der Waals surface area contributed by atoms with Crippen LogP contribution < -0.4 is 15.2 Å². The van der Waals surface area contributed by atoms with Crippen LogP contribution in [0.5, 0.6) is 5.75 Å². The Morgan fingerprint density at radius 1 is 1.00 bits per heavy atom.